The third kappa shape index (κ3) is 5.57. The van der Waals surface area contributed by atoms with E-state index in [0.29, 0.717) is 23.6 Å². The summed E-state index contributed by atoms with van der Waals surface area (Å²) in [5.74, 6) is 0.463. The number of benzene rings is 4. The highest BCUT2D eigenvalue weighted by atomic mass is 32.1. The number of carbonyl (C=O) groups is 1. The lowest BCUT2D eigenvalue weighted by Gasteiger charge is -2.11. The van der Waals surface area contributed by atoms with Gasteiger partial charge < -0.3 is 14.5 Å². The van der Waals surface area contributed by atoms with Crippen molar-refractivity contribution < 1.29 is 13.9 Å². The van der Waals surface area contributed by atoms with Crippen LogP contribution in [0.15, 0.2) is 114 Å². The SMILES string of the molecule is O=C(NC(=S)Nc1cccc(OCc2ccccc2)c1)c1cc2cc(-c3ccccc3)ccc2o1. The topological polar surface area (TPSA) is 63.5 Å². The van der Waals surface area contributed by atoms with Crippen LogP contribution in [-0.2, 0) is 6.61 Å². The van der Waals surface area contributed by atoms with E-state index in [9.17, 15) is 4.79 Å². The fraction of sp³-hybridized carbons (Fsp3) is 0.0345. The summed E-state index contributed by atoms with van der Waals surface area (Å²) in [5.41, 5.74) is 4.57. The van der Waals surface area contributed by atoms with E-state index in [1.807, 2.05) is 103 Å². The van der Waals surface area contributed by atoms with Crippen molar-refractivity contribution >= 4 is 39.9 Å². The highest BCUT2D eigenvalue weighted by Crippen LogP contribution is 2.27. The molecule has 0 radical (unpaired) electrons. The summed E-state index contributed by atoms with van der Waals surface area (Å²) >= 11 is 5.34. The molecule has 0 aliphatic rings. The van der Waals surface area contributed by atoms with Gasteiger partial charge in [0.15, 0.2) is 10.9 Å². The molecule has 6 heteroatoms. The van der Waals surface area contributed by atoms with Crippen molar-refractivity contribution in [2.24, 2.45) is 0 Å². The number of carbonyl (C=O) groups excluding carboxylic acids is 1. The Morgan fingerprint density at radius 3 is 2.37 bits per heavy atom. The number of hydrogen-bond donors (Lipinski definition) is 2. The summed E-state index contributed by atoms with van der Waals surface area (Å²) in [4.78, 5) is 12.7. The third-order valence-corrected chi connectivity index (χ3v) is 5.62. The molecule has 5 aromatic rings. The molecule has 5 nitrogen and oxygen atoms in total. The van der Waals surface area contributed by atoms with Gasteiger partial charge in [-0.3, -0.25) is 10.1 Å². The van der Waals surface area contributed by atoms with Crippen LogP contribution < -0.4 is 15.4 Å². The van der Waals surface area contributed by atoms with Gasteiger partial charge in [0.05, 0.1) is 0 Å². The Balaban J connectivity index is 1.22. The predicted octanol–water partition coefficient (Wildman–Crippen LogP) is 6.81. The number of ether oxygens (including phenoxy) is 1. The number of furan rings is 1. The minimum absolute atomic E-state index is 0.167. The number of anilines is 1. The van der Waals surface area contributed by atoms with Crippen LogP contribution in [-0.4, -0.2) is 11.0 Å². The van der Waals surface area contributed by atoms with Gasteiger partial charge in [-0.05, 0) is 59.2 Å². The first kappa shape index (κ1) is 22.4. The molecule has 0 spiro atoms. The Labute approximate surface area is 208 Å². The van der Waals surface area contributed by atoms with Gasteiger partial charge in [0.2, 0.25) is 0 Å². The maximum atomic E-state index is 12.7. The van der Waals surface area contributed by atoms with Gasteiger partial charge in [-0.15, -0.1) is 0 Å². The second-order valence-corrected chi connectivity index (χ2v) is 8.35. The number of fused-ring (bicyclic) bond motifs is 1. The summed E-state index contributed by atoms with van der Waals surface area (Å²) in [6.07, 6.45) is 0. The molecule has 0 unspecified atom stereocenters. The van der Waals surface area contributed by atoms with Crippen LogP contribution in [0.2, 0.25) is 0 Å². The van der Waals surface area contributed by atoms with Crippen molar-refractivity contribution in [3.8, 4) is 16.9 Å². The van der Waals surface area contributed by atoms with Crippen LogP contribution in [0, 0.1) is 0 Å². The minimum atomic E-state index is -0.420. The Kier molecular flexibility index (Phi) is 6.55. The zero-order valence-electron chi connectivity index (χ0n) is 18.7. The first-order valence-corrected chi connectivity index (χ1v) is 11.5. The van der Waals surface area contributed by atoms with Gasteiger partial charge in [-0.2, -0.15) is 0 Å². The molecule has 0 atom stereocenters. The molecule has 1 heterocycles. The van der Waals surface area contributed by atoms with E-state index >= 15 is 0 Å². The minimum Gasteiger partial charge on any atom is -0.489 e. The molecule has 1 amide bonds. The van der Waals surface area contributed by atoms with Crippen molar-refractivity contribution in [3.63, 3.8) is 0 Å². The van der Waals surface area contributed by atoms with Gasteiger partial charge in [-0.25, -0.2) is 0 Å². The van der Waals surface area contributed by atoms with E-state index in [4.69, 9.17) is 21.4 Å². The molecular weight excluding hydrogens is 456 g/mol. The molecule has 0 bridgehead atoms. The van der Waals surface area contributed by atoms with Crippen LogP contribution in [0.3, 0.4) is 0 Å². The zero-order chi connectivity index (χ0) is 24.0. The van der Waals surface area contributed by atoms with E-state index in [2.05, 4.69) is 10.6 Å². The lowest BCUT2D eigenvalue weighted by atomic mass is 10.0. The van der Waals surface area contributed by atoms with E-state index < -0.39 is 5.91 Å². The van der Waals surface area contributed by atoms with Gasteiger partial charge in [0.1, 0.15) is 17.9 Å². The quantitative estimate of drug-likeness (QED) is 0.263. The van der Waals surface area contributed by atoms with Gasteiger partial charge in [0, 0.05) is 17.1 Å². The number of hydrogen-bond acceptors (Lipinski definition) is 4. The summed E-state index contributed by atoms with van der Waals surface area (Å²) in [6.45, 7) is 0.462. The second kappa shape index (κ2) is 10.2. The molecule has 35 heavy (non-hydrogen) atoms. The lowest BCUT2D eigenvalue weighted by molar-refractivity contribution is 0.0953. The standard InChI is InChI=1S/C29H22N2O3S/c32-28(27-17-23-16-22(14-15-26(23)34-27)21-10-5-2-6-11-21)31-29(35)30-24-12-7-13-25(18-24)33-19-20-8-3-1-4-9-20/h1-18H,19H2,(H2,30,31,32,35). The smallest absolute Gasteiger partial charge is 0.293 e. The van der Waals surface area contributed by atoms with Crippen LogP contribution in [0.4, 0.5) is 5.69 Å². The zero-order valence-corrected chi connectivity index (χ0v) is 19.5. The van der Waals surface area contributed by atoms with Crippen LogP contribution in [0.5, 0.6) is 5.75 Å². The van der Waals surface area contributed by atoms with E-state index in [0.717, 1.165) is 22.1 Å². The average Bonchev–Trinajstić information content (AvgIpc) is 3.33. The second-order valence-electron chi connectivity index (χ2n) is 7.94. The number of nitrogens with one attached hydrogen (secondary N) is 2. The Bertz CT molecular complexity index is 1480. The summed E-state index contributed by atoms with van der Waals surface area (Å²) in [7, 11) is 0. The first-order chi connectivity index (χ1) is 17.1. The average molecular weight is 479 g/mol. The monoisotopic (exact) mass is 478 g/mol. The van der Waals surface area contributed by atoms with Gasteiger partial charge in [-0.1, -0.05) is 72.8 Å². The fourth-order valence-electron chi connectivity index (χ4n) is 3.70. The normalized spacial score (nSPS) is 10.6. The van der Waals surface area contributed by atoms with Crippen molar-refractivity contribution in [2.45, 2.75) is 6.61 Å². The summed E-state index contributed by atoms with van der Waals surface area (Å²) in [6, 6.07) is 34.9. The van der Waals surface area contributed by atoms with Crippen molar-refractivity contribution in [2.75, 3.05) is 5.32 Å². The van der Waals surface area contributed by atoms with Crippen molar-refractivity contribution in [1.29, 1.82) is 0 Å². The summed E-state index contributed by atoms with van der Waals surface area (Å²) < 4.78 is 11.6. The molecule has 0 saturated carbocycles. The first-order valence-electron chi connectivity index (χ1n) is 11.1. The number of thiocarbonyl (C=S) groups is 1. The third-order valence-electron chi connectivity index (χ3n) is 5.41. The Morgan fingerprint density at radius 2 is 1.57 bits per heavy atom. The molecular formula is C29H22N2O3S. The Hall–Kier alpha value is -4.42. The van der Waals surface area contributed by atoms with E-state index in [1.54, 1.807) is 6.07 Å². The maximum absolute atomic E-state index is 12.7. The molecule has 0 saturated heterocycles. The molecule has 172 valence electrons. The summed E-state index contributed by atoms with van der Waals surface area (Å²) in [5, 5.41) is 6.71. The van der Waals surface area contributed by atoms with Crippen molar-refractivity contribution in [1.82, 2.24) is 5.32 Å². The molecule has 2 N–H and O–H groups in total. The number of amides is 1. The number of rotatable bonds is 6. The predicted molar refractivity (Wildman–Crippen MR) is 143 cm³/mol. The molecule has 4 aromatic carbocycles. The van der Waals surface area contributed by atoms with Gasteiger partial charge >= 0.3 is 0 Å². The fourth-order valence-corrected chi connectivity index (χ4v) is 3.91. The lowest BCUT2D eigenvalue weighted by Crippen LogP contribution is -2.33. The van der Waals surface area contributed by atoms with E-state index in [1.165, 1.54) is 0 Å². The van der Waals surface area contributed by atoms with Crippen LogP contribution in [0.25, 0.3) is 22.1 Å². The van der Waals surface area contributed by atoms with Crippen molar-refractivity contribution in [3.05, 3.63) is 121 Å². The highest BCUT2D eigenvalue weighted by molar-refractivity contribution is 7.80. The molecule has 1 aromatic heterocycles. The molecule has 5 rings (SSSR count). The van der Waals surface area contributed by atoms with Crippen LogP contribution >= 0.6 is 12.2 Å². The molecule has 0 aliphatic carbocycles. The highest BCUT2D eigenvalue weighted by Gasteiger charge is 2.14. The van der Waals surface area contributed by atoms with Crippen LogP contribution in [0.1, 0.15) is 16.1 Å². The van der Waals surface area contributed by atoms with Gasteiger partial charge in [0.25, 0.3) is 5.91 Å². The van der Waals surface area contributed by atoms with E-state index in [-0.39, 0.29) is 10.9 Å². The molecule has 0 aliphatic heterocycles. The maximum Gasteiger partial charge on any atom is 0.293 e. The molecule has 0 fully saturated rings. The largest absolute Gasteiger partial charge is 0.489 e. The Morgan fingerprint density at radius 1 is 0.800 bits per heavy atom.